The Kier molecular flexibility index (Phi) is 7.35. The molecule has 0 saturated carbocycles. The minimum atomic E-state index is 0.0976. The van der Waals surface area contributed by atoms with Gasteiger partial charge in [-0.2, -0.15) is 0 Å². The molecule has 1 saturated heterocycles. The number of anilines is 1. The third kappa shape index (κ3) is 5.02. The number of piperazine rings is 1. The molecule has 0 spiro atoms. The highest BCUT2D eigenvalue weighted by Crippen LogP contribution is 2.38. The van der Waals surface area contributed by atoms with E-state index in [1.54, 1.807) is 6.92 Å². The number of aromatic nitrogens is 2. The minimum absolute atomic E-state index is 0.0976. The number of aryl methyl sites for hydroxylation is 1. The second-order valence-electron chi connectivity index (χ2n) is 10.1. The van der Waals surface area contributed by atoms with Crippen molar-refractivity contribution >= 4 is 45.6 Å². The molecule has 5 rings (SSSR count). The lowest BCUT2D eigenvalue weighted by atomic mass is 9.98. The standard InChI is InChI=1S/C29H32Cl2N4O2/c1-18(2)29-22(28(32-37-29)27-24(30)6-5-7-25(27)31)10-11-34-12-14-35(15-13-34)20-8-9-21-23(19(3)36)17-33(4)26(21)16-20/h5-9,16-18H,10-15H2,1-4H3. The molecule has 194 valence electrons. The van der Waals surface area contributed by atoms with E-state index in [-0.39, 0.29) is 11.7 Å². The summed E-state index contributed by atoms with van der Waals surface area (Å²) >= 11 is 13.0. The van der Waals surface area contributed by atoms with Gasteiger partial charge in [0.2, 0.25) is 0 Å². The molecule has 0 unspecified atom stereocenters. The lowest BCUT2D eigenvalue weighted by Gasteiger charge is -2.36. The molecule has 1 aliphatic heterocycles. The Bertz CT molecular complexity index is 1430. The van der Waals surface area contributed by atoms with E-state index in [2.05, 4.69) is 47.0 Å². The van der Waals surface area contributed by atoms with Crippen molar-refractivity contribution < 1.29 is 9.32 Å². The summed E-state index contributed by atoms with van der Waals surface area (Å²) in [7, 11) is 2.00. The normalized spacial score (nSPS) is 14.7. The Hall–Kier alpha value is -2.80. The zero-order valence-corrected chi connectivity index (χ0v) is 23.2. The zero-order valence-electron chi connectivity index (χ0n) is 21.7. The van der Waals surface area contributed by atoms with Gasteiger partial charge in [-0.3, -0.25) is 9.69 Å². The van der Waals surface area contributed by atoms with E-state index in [4.69, 9.17) is 27.7 Å². The zero-order chi connectivity index (χ0) is 26.3. The summed E-state index contributed by atoms with van der Waals surface area (Å²) in [5.41, 5.74) is 5.64. The molecule has 1 fully saturated rings. The van der Waals surface area contributed by atoms with Crippen LogP contribution in [-0.2, 0) is 13.5 Å². The molecule has 0 amide bonds. The summed E-state index contributed by atoms with van der Waals surface area (Å²) in [5.74, 6) is 1.20. The topological polar surface area (TPSA) is 54.5 Å². The molecular weight excluding hydrogens is 507 g/mol. The van der Waals surface area contributed by atoms with Gasteiger partial charge in [-0.15, -0.1) is 0 Å². The number of halogens is 2. The van der Waals surface area contributed by atoms with Crippen LogP contribution in [0.4, 0.5) is 5.69 Å². The van der Waals surface area contributed by atoms with Crippen LogP contribution < -0.4 is 4.90 Å². The average Bonchev–Trinajstić information content (AvgIpc) is 3.44. The molecule has 3 heterocycles. The van der Waals surface area contributed by atoms with Gasteiger partial charge in [-0.25, -0.2) is 0 Å². The van der Waals surface area contributed by atoms with Gasteiger partial charge in [-0.05, 0) is 37.6 Å². The van der Waals surface area contributed by atoms with E-state index in [0.29, 0.717) is 10.0 Å². The number of hydrogen-bond donors (Lipinski definition) is 0. The smallest absolute Gasteiger partial charge is 0.161 e. The maximum atomic E-state index is 12.0. The third-order valence-electron chi connectivity index (χ3n) is 7.31. The molecule has 0 aliphatic carbocycles. The molecule has 0 N–H and O–H groups in total. The fourth-order valence-corrected chi connectivity index (χ4v) is 5.86. The van der Waals surface area contributed by atoms with E-state index < -0.39 is 0 Å². The summed E-state index contributed by atoms with van der Waals surface area (Å²) in [6.45, 7) is 10.6. The quantitative estimate of drug-likeness (QED) is 0.241. The molecule has 37 heavy (non-hydrogen) atoms. The van der Waals surface area contributed by atoms with Gasteiger partial charge in [0.05, 0.1) is 15.6 Å². The fourth-order valence-electron chi connectivity index (χ4n) is 5.29. The van der Waals surface area contributed by atoms with Gasteiger partial charge < -0.3 is 14.0 Å². The van der Waals surface area contributed by atoms with Crippen molar-refractivity contribution in [2.24, 2.45) is 7.05 Å². The Morgan fingerprint density at radius 3 is 2.43 bits per heavy atom. The molecule has 6 nitrogen and oxygen atoms in total. The van der Waals surface area contributed by atoms with Gasteiger partial charge >= 0.3 is 0 Å². The lowest BCUT2D eigenvalue weighted by molar-refractivity contribution is 0.101. The first-order valence-corrected chi connectivity index (χ1v) is 13.5. The summed E-state index contributed by atoms with van der Waals surface area (Å²) in [6.07, 6.45) is 2.74. The maximum Gasteiger partial charge on any atom is 0.161 e. The predicted molar refractivity (Wildman–Crippen MR) is 151 cm³/mol. The molecule has 0 atom stereocenters. The predicted octanol–water partition coefficient (Wildman–Crippen LogP) is 6.83. The van der Waals surface area contributed by atoms with Gasteiger partial charge in [0.25, 0.3) is 0 Å². The molecule has 2 aromatic carbocycles. The third-order valence-corrected chi connectivity index (χ3v) is 7.94. The first-order chi connectivity index (χ1) is 17.7. The van der Waals surface area contributed by atoms with Crippen molar-refractivity contribution in [3.05, 3.63) is 69.5 Å². The summed E-state index contributed by atoms with van der Waals surface area (Å²) < 4.78 is 7.82. The van der Waals surface area contributed by atoms with Crippen molar-refractivity contribution in [1.82, 2.24) is 14.6 Å². The molecule has 8 heteroatoms. The van der Waals surface area contributed by atoms with Crippen LogP contribution in [0.1, 0.15) is 48.4 Å². The number of hydrogen-bond acceptors (Lipinski definition) is 5. The van der Waals surface area contributed by atoms with Crippen molar-refractivity contribution in [3.8, 4) is 11.3 Å². The number of carbonyl (C=O) groups excluding carboxylic acids is 1. The molecule has 1 aliphatic rings. The highest BCUT2D eigenvalue weighted by Gasteiger charge is 2.25. The van der Waals surface area contributed by atoms with Crippen LogP contribution in [0.15, 0.2) is 47.1 Å². The number of benzene rings is 2. The SMILES string of the molecule is CC(=O)c1cn(C)c2cc(N3CCN(CCc4c(-c5c(Cl)cccc5Cl)noc4C(C)C)CC3)ccc12. The van der Waals surface area contributed by atoms with Crippen LogP contribution in [0, 0.1) is 0 Å². The monoisotopic (exact) mass is 538 g/mol. The Labute approximate surface area is 227 Å². The highest BCUT2D eigenvalue weighted by molar-refractivity contribution is 6.39. The van der Waals surface area contributed by atoms with E-state index in [9.17, 15) is 4.79 Å². The Balaban J connectivity index is 1.29. The van der Waals surface area contributed by atoms with Crippen LogP contribution in [0.2, 0.25) is 10.0 Å². The van der Waals surface area contributed by atoms with E-state index in [1.807, 2.05) is 36.0 Å². The minimum Gasteiger partial charge on any atom is -0.369 e. The number of ketones is 1. The first-order valence-electron chi connectivity index (χ1n) is 12.7. The van der Waals surface area contributed by atoms with E-state index >= 15 is 0 Å². The van der Waals surface area contributed by atoms with Gasteiger partial charge in [-0.1, -0.05) is 54.3 Å². The summed E-state index contributed by atoms with van der Waals surface area (Å²) in [5, 5.41) is 6.57. The van der Waals surface area contributed by atoms with Crippen LogP contribution in [0.3, 0.4) is 0 Å². The van der Waals surface area contributed by atoms with Crippen LogP contribution in [0.25, 0.3) is 22.2 Å². The van der Waals surface area contributed by atoms with Crippen molar-refractivity contribution in [3.63, 3.8) is 0 Å². The Morgan fingerprint density at radius 1 is 1.08 bits per heavy atom. The second kappa shape index (κ2) is 10.5. The second-order valence-corrected chi connectivity index (χ2v) is 10.9. The average molecular weight is 540 g/mol. The van der Waals surface area contributed by atoms with Crippen LogP contribution >= 0.6 is 23.2 Å². The molecule has 2 aromatic heterocycles. The van der Waals surface area contributed by atoms with Gasteiger partial charge in [0.15, 0.2) is 5.78 Å². The van der Waals surface area contributed by atoms with E-state index in [0.717, 1.165) is 78.2 Å². The largest absolute Gasteiger partial charge is 0.369 e. The van der Waals surface area contributed by atoms with Crippen molar-refractivity contribution in [1.29, 1.82) is 0 Å². The number of Topliss-reactive ketones (excluding diaryl/α,β-unsaturated/α-hetero) is 1. The van der Waals surface area contributed by atoms with Gasteiger partial charge in [0, 0.05) is 79.7 Å². The van der Waals surface area contributed by atoms with E-state index in [1.165, 1.54) is 5.69 Å². The number of rotatable bonds is 7. The molecule has 0 radical (unpaired) electrons. The number of carbonyl (C=O) groups is 1. The summed E-state index contributed by atoms with van der Waals surface area (Å²) in [4.78, 5) is 16.9. The first kappa shape index (κ1) is 25.8. The Morgan fingerprint density at radius 2 is 1.78 bits per heavy atom. The molecule has 0 bridgehead atoms. The number of nitrogens with zero attached hydrogens (tertiary/aromatic N) is 4. The van der Waals surface area contributed by atoms with Gasteiger partial charge in [0.1, 0.15) is 11.5 Å². The maximum absolute atomic E-state index is 12.0. The fraction of sp³-hybridized carbons (Fsp3) is 0.379. The number of fused-ring (bicyclic) bond motifs is 1. The molecule has 4 aromatic rings. The lowest BCUT2D eigenvalue weighted by Crippen LogP contribution is -2.47. The van der Waals surface area contributed by atoms with Crippen LogP contribution in [0.5, 0.6) is 0 Å². The molecular formula is C29H32Cl2N4O2. The highest BCUT2D eigenvalue weighted by atomic mass is 35.5. The van der Waals surface area contributed by atoms with Crippen molar-refractivity contribution in [2.45, 2.75) is 33.1 Å². The van der Waals surface area contributed by atoms with Crippen LogP contribution in [-0.4, -0.2) is 53.1 Å². The van der Waals surface area contributed by atoms with Crippen molar-refractivity contribution in [2.75, 3.05) is 37.6 Å². The summed E-state index contributed by atoms with van der Waals surface area (Å²) in [6, 6.07) is 11.9.